The summed E-state index contributed by atoms with van der Waals surface area (Å²) in [5.41, 5.74) is 4.19. The van der Waals surface area contributed by atoms with Gasteiger partial charge in [-0.3, -0.25) is 4.98 Å². The minimum absolute atomic E-state index is 0.509. The zero-order chi connectivity index (χ0) is 17.1. The number of benzene rings is 1. The van der Waals surface area contributed by atoms with Crippen molar-refractivity contribution in [2.75, 3.05) is 25.5 Å². The molecular formula is C19H22IN3O. The van der Waals surface area contributed by atoms with E-state index >= 15 is 0 Å². The van der Waals surface area contributed by atoms with Gasteiger partial charge in [0.1, 0.15) is 0 Å². The molecule has 0 bridgehead atoms. The molecule has 3 rings (SSSR count). The summed E-state index contributed by atoms with van der Waals surface area (Å²) in [5.74, 6) is 0.509. The number of hydrogen-bond acceptors (Lipinski definition) is 4. The third kappa shape index (κ3) is 3.89. The minimum atomic E-state index is 0.509. The van der Waals surface area contributed by atoms with E-state index in [1.54, 1.807) is 0 Å². The van der Waals surface area contributed by atoms with Crippen LogP contribution in [0.5, 0.6) is 0 Å². The van der Waals surface area contributed by atoms with Crippen LogP contribution in [-0.4, -0.2) is 35.1 Å². The normalized spacial score (nSPS) is 15.1. The third-order valence-corrected chi connectivity index (χ3v) is 5.00. The Kier molecular flexibility index (Phi) is 5.40. The summed E-state index contributed by atoms with van der Waals surface area (Å²) < 4.78 is 1.18. The highest BCUT2D eigenvalue weighted by Crippen LogP contribution is 2.28. The number of nitrogens with zero attached hydrogens (tertiary/aromatic N) is 2. The number of fused-ring (bicyclic) bond motifs is 1. The number of aliphatic hydroxyl groups excluding tert-OH is 1. The van der Waals surface area contributed by atoms with Crippen molar-refractivity contribution in [3.8, 4) is 0 Å². The van der Waals surface area contributed by atoms with E-state index in [0.717, 1.165) is 47.4 Å². The number of rotatable bonds is 5. The van der Waals surface area contributed by atoms with E-state index in [-0.39, 0.29) is 0 Å². The second-order valence-corrected chi connectivity index (χ2v) is 7.36. The molecule has 2 N–H and O–H groups in total. The number of allylic oxidation sites excluding steroid dienone is 2. The fourth-order valence-corrected chi connectivity index (χ4v) is 3.30. The Morgan fingerprint density at radius 1 is 1.29 bits per heavy atom. The standard InChI is InChI=1S/C19H22IN3O/c1-3-23(2)12-13-10-15(5-7-19(13)24)22-17-8-9-21-18-11-14(20)4-6-16(17)18/h4,6,8-11,24H,3,5,7,12H2,1-2H3,(H,21,22). The second-order valence-electron chi connectivity index (χ2n) is 6.12. The monoisotopic (exact) mass is 435 g/mol. The van der Waals surface area contributed by atoms with Gasteiger partial charge in [-0.15, -0.1) is 0 Å². The van der Waals surface area contributed by atoms with Crippen LogP contribution < -0.4 is 5.32 Å². The molecule has 1 aliphatic rings. The van der Waals surface area contributed by atoms with Gasteiger partial charge in [-0.25, -0.2) is 0 Å². The summed E-state index contributed by atoms with van der Waals surface area (Å²) in [6.45, 7) is 3.84. The number of halogens is 1. The van der Waals surface area contributed by atoms with Crippen molar-refractivity contribution in [2.24, 2.45) is 0 Å². The Labute approximate surface area is 156 Å². The Morgan fingerprint density at radius 2 is 2.12 bits per heavy atom. The first kappa shape index (κ1) is 17.2. The Hall–Kier alpha value is -1.60. The Morgan fingerprint density at radius 3 is 2.92 bits per heavy atom. The maximum atomic E-state index is 10.2. The van der Waals surface area contributed by atoms with Gasteiger partial charge in [0.2, 0.25) is 0 Å². The van der Waals surface area contributed by atoms with Crippen LogP contribution in [0.3, 0.4) is 0 Å². The molecule has 1 aromatic heterocycles. The van der Waals surface area contributed by atoms with Crippen molar-refractivity contribution in [3.63, 3.8) is 0 Å². The second kappa shape index (κ2) is 7.53. The van der Waals surface area contributed by atoms with Gasteiger partial charge < -0.3 is 15.3 Å². The van der Waals surface area contributed by atoms with Gasteiger partial charge in [0.05, 0.1) is 11.3 Å². The van der Waals surface area contributed by atoms with E-state index < -0.39 is 0 Å². The molecule has 0 saturated heterocycles. The predicted molar refractivity (Wildman–Crippen MR) is 108 cm³/mol. The molecule has 4 nitrogen and oxygen atoms in total. The molecule has 0 spiro atoms. The van der Waals surface area contributed by atoms with Crippen molar-refractivity contribution in [1.82, 2.24) is 9.88 Å². The highest BCUT2D eigenvalue weighted by Gasteiger charge is 2.15. The number of aromatic nitrogens is 1. The summed E-state index contributed by atoms with van der Waals surface area (Å²) in [5, 5.41) is 14.8. The van der Waals surface area contributed by atoms with Crippen molar-refractivity contribution >= 4 is 39.2 Å². The average molecular weight is 435 g/mol. The van der Waals surface area contributed by atoms with Crippen LogP contribution in [0.15, 0.2) is 53.6 Å². The first-order valence-corrected chi connectivity index (χ1v) is 9.26. The maximum absolute atomic E-state index is 10.2. The first-order chi connectivity index (χ1) is 11.6. The van der Waals surface area contributed by atoms with E-state index in [1.807, 2.05) is 12.3 Å². The molecule has 2 aromatic rings. The number of likely N-dealkylation sites (N-methyl/N-ethyl adjacent to an activating group) is 1. The van der Waals surface area contributed by atoms with Crippen LogP contribution in [0.4, 0.5) is 5.69 Å². The lowest BCUT2D eigenvalue weighted by Crippen LogP contribution is -2.22. The number of aliphatic hydroxyl groups is 1. The van der Waals surface area contributed by atoms with E-state index in [0.29, 0.717) is 12.2 Å². The highest BCUT2D eigenvalue weighted by molar-refractivity contribution is 14.1. The van der Waals surface area contributed by atoms with Crippen molar-refractivity contribution in [3.05, 3.63) is 57.1 Å². The van der Waals surface area contributed by atoms with Gasteiger partial charge in [-0.05, 0) is 72.9 Å². The summed E-state index contributed by atoms with van der Waals surface area (Å²) in [4.78, 5) is 6.64. The SMILES string of the molecule is CCN(C)CC1=C(O)CCC(Nc2ccnc3cc(I)ccc23)=C1. The summed E-state index contributed by atoms with van der Waals surface area (Å²) in [6, 6.07) is 8.29. The van der Waals surface area contributed by atoms with E-state index in [2.05, 4.69) is 76.0 Å². The molecule has 1 aliphatic carbocycles. The zero-order valence-corrected chi connectivity index (χ0v) is 16.2. The van der Waals surface area contributed by atoms with E-state index in [1.165, 1.54) is 3.57 Å². The van der Waals surface area contributed by atoms with E-state index in [9.17, 15) is 5.11 Å². The molecule has 0 fully saturated rings. The highest BCUT2D eigenvalue weighted by atomic mass is 127. The molecule has 0 radical (unpaired) electrons. The van der Waals surface area contributed by atoms with Crippen molar-refractivity contribution in [1.29, 1.82) is 0 Å². The van der Waals surface area contributed by atoms with Gasteiger partial charge in [0.15, 0.2) is 0 Å². The van der Waals surface area contributed by atoms with Crippen LogP contribution >= 0.6 is 22.6 Å². The Bertz CT molecular complexity index is 813. The molecule has 1 heterocycles. The summed E-state index contributed by atoms with van der Waals surface area (Å²) >= 11 is 2.30. The zero-order valence-electron chi connectivity index (χ0n) is 14.0. The predicted octanol–water partition coefficient (Wildman–Crippen LogP) is 4.69. The molecule has 0 aliphatic heterocycles. The molecule has 0 amide bonds. The van der Waals surface area contributed by atoms with Crippen LogP contribution in [-0.2, 0) is 0 Å². The first-order valence-electron chi connectivity index (χ1n) is 8.18. The van der Waals surface area contributed by atoms with Crippen molar-refractivity contribution in [2.45, 2.75) is 19.8 Å². The van der Waals surface area contributed by atoms with Gasteiger partial charge >= 0.3 is 0 Å². The van der Waals surface area contributed by atoms with E-state index in [4.69, 9.17) is 0 Å². The molecule has 0 unspecified atom stereocenters. The molecule has 1 aromatic carbocycles. The average Bonchev–Trinajstić information content (AvgIpc) is 2.57. The van der Waals surface area contributed by atoms with Crippen LogP contribution in [0.1, 0.15) is 19.8 Å². The summed E-state index contributed by atoms with van der Waals surface area (Å²) in [7, 11) is 2.06. The number of nitrogens with one attached hydrogen (secondary N) is 1. The van der Waals surface area contributed by atoms with Gasteiger partial charge in [0, 0.05) is 45.1 Å². The van der Waals surface area contributed by atoms with Gasteiger partial charge in [0.25, 0.3) is 0 Å². The number of pyridine rings is 1. The maximum Gasteiger partial charge on any atom is 0.0972 e. The number of anilines is 1. The Balaban J connectivity index is 1.87. The van der Waals surface area contributed by atoms with Crippen LogP contribution in [0.2, 0.25) is 0 Å². The fraction of sp³-hybridized carbons (Fsp3) is 0.316. The molecular weight excluding hydrogens is 413 g/mol. The third-order valence-electron chi connectivity index (χ3n) is 4.33. The smallest absolute Gasteiger partial charge is 0.0972 e. The molecule has 24 heavy (non-hydrogen) atoms. The quantitative estimate of drug-likeness (QED) is 0.669. The molecule has 0 atom stereocenters. The minimum Gasteiger partial charge on any atom is -0.512 e. The van der Waals surface area contributed by atoms with Crippen molar-refractivity contribution < 1.29 is 5.11 Å². The lowest BCUT2D eigenvalue weighted by Gasteiger charge is -2.22. The molecule has 126 valence electrons. The van der Waals surface area contributed by atoms with Crippen LogP contribution in [0, 0.1) is 3.57 Å². The van der Waals surface area contributed by atoms with Gasteiger partial charge in [-0.1, -0.05) is 6.92 Å². The largest absolute Gasteiger partial charge is 0.512 e. The molecule has 0 saturated carbocycles. The van der Waals surface area contributed by atoms with Crippen LogP contribution in [0.25, 0.3) is 10.9 Å². The lowest BCUT2D eigenvalue weighted by molar-refractivity contribution is 0.347. The fourth-order valence-electron chi connectivity index (χ4n) is 2.82. The van der Waals surface area contributed by atoms with Gasteiger partial charge in [-0.2, -0.15) is 0 Å². The number of hydrogen-bond donors (Lipinski definition) is 2. The summed E-state index contributed by atoms with van der Waals surface area (Å²) in [6.07, 6.45) is 5.43. The molecule has 5 heteroatoms. The lowest BCUT2D eigenvalue weighted by atomic mass is 10.0. The topological polar surface area (TPSA) is 48.4 Å².